The summed E-state index contributed by atoms with van der Waals surface area (Å²) in [6.45, 7) is 2.05. The summed E-state index contributed by atoms with van der Waals surface area (Å²) in [5.41, 5.74) is 6.55. The van der Waals surface area contributed by atoms with Crippen molar-refractivity contribution in [1.82, 2.24) is 0 Å². The number of rotatable bonds is 5. The molecular weight excluding hydrogens is 226 g/mol. The lowest BCUT2D eigenvalue weighted by Crippen LogP contribution is -2.33. The lowest BCUT2D eigenvalue weighted by molar-refractivity contribution is 0.263. The van der Waals surface area contributed by atoms with Gasteiger partial charge in [0, 0.05) is 22.7 Å². The molecule has 0 bridgehead atoms. The molecule has 3 N–H and O–H groups in total. The Morgan fingerprint density at radius 3 is 2.75 bits per heavy atom. The van der Waals surface area contributed by atoms with Crippen LogP contribution >= 0.6 is 11.6 Å². The summed E-state index contributed by atoms with van der Waals surface area (Å²) >= 11 is 5.95. The van der Waals surface area contributed by atoms with Gasteiger partial charge in [-0.1, -0.05) is 11.6 Å². The maximum absolute atomic E-state index is 8.84. The van der Waals surface area contributed by atoms with Crippen molar-refractivity contribution in [1.29, 1.82) is 0 Å². The molecular formula is C12H18ClNO2. The Bertz CT molecular complexity index is 353. The lowest BCUT2D eigenvalue weighted by Gasteiger charge is -2.27. The Labute approximate surface area is 101 Å². The summed E-state index contributed by atoms with van der Waals surface area (Å²) in [6.07, 6.45) is 1.34. The van der Waals surface area contributed by atoms with Gasteiger partial charge in [-0.15, -0.1) is 0 Å². The van der Waals surface area contributed by atoms with Gasteiger partial charge < -0.3 is 15.6 Å². The molecule has 0 heterocycles. The minimum absolute atomic E-state index is 0.135. The summed E-state index contributed by atoms with van der Waals surface area (Å²) < 4.78 is 5.27. The van der Waals surface area contributed by atoms with Gasteiger partial charge >= 0.3 is 0 Å². The monoisotopic (exact) mass is 243 g/mol. The predicted molar refractivity (Wildman–Crippen MR) is 65.9 cm³/mol. The molecule has 0 saturated heterocycles. The third-order valence-electron chi connectivity index (χ3n) is 2.63. The Morgan fingerprint density at radius 1 is 1.50 bits per heavy atom. The smallest absolute Gasteiger partial charge is 0.124 e. The standard InChI is InChI=1S/C12H18ClNO2/c1-12(14,6-3-7-15)10-8-9(13)4-5-11(10)16-2/h4-5,8,15H,3,6-7,14H2,1-2H3. The molecule has 0 radical (unpaired) electrons. The van der Waals surface area contributed by atoms with Gasteiger partial charge in [0.15, 0.2) is 0 Å². The van der Waals surface area contributed by atoms with Gasteiger partial charge in [-0.25, -0.2) is 0 Å². The zero-order valence-corrected chi connectivity index (χ0v) is 10.4. The van der Waals surface area contributed by atoms with Crippen LogP contribution in [-0.2, 0) is 5.54 Å². The molecule has 90 valence electrons. The minimum Gasteiger partial charge on any atom is -0.496 e. The van der Waals surface area contributed by atoms with Crippen molar-refractivity contribution < 1.29 is 9.84 Å². The van der Waals surface area contributed by atoms with E-state index in [0.717, 1.165) is 11.3 Å². The number of aliphatic hydroxyl groups excluding tert-OH is 1. The van der Waals surface area contributed by atoms with Gasteiger partial charge in [-0.2, -0.15) is 0 Å². The van der Waals surface area contributed by atoms with Gasteiger partial charge in [0.05, 0.1) is 7.11 Å². The molecule has 1 aromatic rings. The highest BCUT2D eigenvalue weighted by Gasteiger charge is 2.24. The van der Waals surface area contributed by atoms with Crippen molar-refractivity contribution in [2.24, 2.45) is 5.73 Å². The topological polar surface area (TPSA) is 55.5 Å². The average Bonchev–Trinajstić information content (AvgIpc) is 2.26. The Kier molecular flexibility index (Phi) is 4.59. The zero-order valence-electron chi connectivity index (χ0n) is 9.66. The average molecular weight is 244 g/mol. The quantitative estimate of drug-likeness (QED) is 0.834. The van der Waals surface area contributed by atoms with Crippen LogP contribution in [0.2, 0.25) is 5.02 Å². The van der Waals surface area contributed by atoms with E-state index in [1.54, 1.807) is 13.2 Å². The van der Waals surface area contributed by atoms with Crippen LogP contribution in [0.3, 0.4) is 0 Å². The summed E-state index contributed by atoms with van der Waals surface area (Å²) in [6, 6.07) is 5.39. The van der Waals surface area contributed by atoms with E-state index in [1.165, 1.54) is 0 Å². The van der Waals surface area contributed by atoms with Gasteiger partial charge in [-0.05, 0) is 38.0 Å². The second-order valence-corrected chi connectivity index (χ2v) is 4.53. The molecule has 16 heavy (non-hydrogen) atoms. The van der Waals surface area contributed by atoms with E-state index in [-0.39, 0.29) is 6.61 Å². The molecule has 1 rings (SSSR count). The Morgan fingerprint density at radius 2 is 2.19 bits per heavy atom. The summed E-state index contributed by atoms with van der Waals surface area (Å²) in [7, 11) is 1.61. The van der Waals surface area contributed by atoms with E-state index in [4.69, 9.17) is 27.2 Å². The maximum atomic E-state index is 8.84. The fraction of sp³-hybridized carbons (Fsp3) is 0.500. The van der Waals surface area contributed by atoms with Gasteiger partial charge in [0.1, 0.15) is 5.75 Å². The molecule has 0 aliphatic rings. The molecule has 0 saturated carbocycles. The summed E-state index contributed by atoms with van der Waals surface area (Å²) in [4.78, 5) is 0. The fourth-order valence-corrected chi connectivity index (χ4v) is 1.88. The summed E-state index contributed by atoms with van der Waals surface area (Å²) in [5.74, 6) is 0.729. The molecule has 4 heteroatoms. The molecule has 1 unspecified atom stereocenters. The van der Waals surface area contributed by atoms with Gasteiger partial charge in [-0.3, -0.25) is 0 Å². The number of nitrogens with two attached hydrogens (primary N) is 1. The summed E-state index contributed by atoms with van der Waals surface area (Å²) in [5, 5.41) is 9.48. The molecule has 0 aromatic heterocycles. The van der Waals surface area contributed by atoms with E-state index < -0.39 is 5.54 Å². The first kappa shape index (κ1) is 13.3. The number of methoxy groups -OCH3 is 1. The van der Waals surface area contributed by atoms with Gasteiger partial charge in [0.2, 0.25) is 0 Å². The van der Waals surface area contributed by atoms with Crippen LogP contribution in [0.15, 0.2) is 18.2 Å². The second kappa shape index (κ2) is 5.53. The number of benzene rings is 1. The van der Waals surface area contributed by atoms with Crippen LogP contribution in [0.5, 0.6) is 5.75 Å². The van der Waals surface area contributed by atoms with Crippen LogP contribution in [0.25, 0.3) is 0 Å². The Balaban J connectivity index is 3.04. The molecule has 1 atom stereocenters. The van der Waals surface area contributed by atoms with E-state index in [1.807, 2.05) is 19.1 Å². The van der Waals surface area contributed by atoms with Crippen molar-refractivity contribution in [3.05, 3.63) is 28.8 Å². The van der Waals surface area contributed by atoms with E-state index in [9.17, 15) is 0 Å². The van der Waals surface area contributed by atoms with Crippen LogP contribution in [0.4, 0.5) is 0 Å². The normalized spacial score (nSPS) is 14.6. The number of halogens is 1. The number of ether oxygens (including phenoxy) is 1. The predicted octanol–water partition coefficient (Wildman–Crippen LogP) is 2.30. The third-order valence-corrected chi connectivity index (χ3v) is 2.87. The van der Waals surface area contributed by atoms with Crippen molar-refractivity contribution in [2.45, 2.75) is 25.3 Å². The molecule has 0 aliphatic carbocycles. The molecule has 1 aromatic carbocycles. The van der Waals surface area contributed by atoms with Gasteiger partial charge in [0.25, 0.3) is 0 Å². The maximum Gasteiger partial charge on any atom is 0.124 e. The molecule has 0 aliphatic heterocycles. The highest BCUT2D eigenvalue weighted by molar-refractivity contribution is 6.30. The number of hydrogen-bond donors (Lipinski definition) is 2. The van der Waals surface area contributed by atoms with E-state index in [0.29, 0.717) is 17.9 Å². The zero-order chi connectivity index (χ0) is 12.2. The molecule has 0 amide bonds. The third kappa shape index (κ3) is 3.11. The van der Waals surface area contributed by atoms with E-state index >= 15 is 0 Å². The molecule has 0 fully saturated rings. The fourth-order valence-electron chi connectivity index (χ4n) is 1.71. The van der Waals surface area contributed by atoms with Crippen molar-refractivity contribution in [3.63, 3.8) is 0 Å². The van der Waals surface area contributed by atoms with Crippen LogP contribution in [0.1, 0.15) is 25.3 Å². The number of hydrogen-bond acceptors (Lipinski definition) is 3. The SMILES string of the molecule is COc1ccc(Cl)cc1C(C)(N)CCCO. The second-order valence-electron chi connectivity index (χ2n) is 4.09. The van der Waals surface area contributed by atoms with Crippen molar-refractivity contribution >= 4 is 11.6 Å². The lowest BCUT2D eigenvalue weighted by atomic mass is 9.88. The van der Waals surface area contributed by atoms with Crippen LogP contribution < -0.4 is 10.5 Å². The first-order valence-electron chi connectivity index (χ1n) is 5.25. The van der Waals surface area contributed by atoms with E-state index in [2.05, 4.69) is 0 Å². The highest BCUT2D eigenvalue weighted by Crippen LogP contribution is 2.33. The largest absolute Gasteiger partial charge is 0.496 e. The highest BCUT2D eigenvalue weighted by atomic mass is 35.5. The van der Waals surface area contributed by atoms with Crippen LogP contribution in [-0.4, -0.2) is 18.8 Å². The van der Waals surface area contributed by atoms with Crippen LogP contribution in [0, 0.1) is 0 Å². The first-order chi connectivity index (χ1) is 7.51. The number of aliphatic hydroxyl groups is 1. The van der Waals surface area contributed by atoms with Crippen molar-refractivity contribution in [3.8, 4) is 5.75 Å². The molecule has 0 spiro atoms. The molecule has 3 nitrogen and oxygen atoms in total. The van der Waals surface area contributed by atoms with Crippen molar-refractivity contribution in [2.75, 3.05) is 13.7 Å². The first-order valence-corrected chi connectivity index (χ1v) is 5.63. The minimum atomic E-state index is -0.543. The Hall–Kier alpha value is -0.770.